The number of benzene rings is 2. The van der Waals surface area contributed by atoms with Crippen LogP contribution in [0.1, 0.15) is 60.8 Å². The molecule has 4 unspecified atom stereocenters. The molecule has 2 aliphatic carbocycles. The van der Waals surface area contributed by atoms with Gasteiger partial charge in [0.15, 0.2) is 0 Å². The highest BCUT2D eigenvalue weighted by Gasteiger charge is 2.49. The van der Waals surface area contributed by atoms with Gasteiger partial charge < -0.3 is 14.6 Å². The molecule has 2 aliphatic rings. The van der Waals surface area contributed by atoms with Crippen molar-refractivity contribution in [2.24, 2.45) is 0 Å². The predicted octanol–water partition coefficient (Wildman–Crippen LogP) is 5.58. The van der Waals surface area contributed by atoms with Gasteiger partial charge in [0.1, 0.15) is 11.6 Å². The van der Waals surface area contributed by atoms with Crippen LogP contribution in [0.2, 0.25) is 0 Å². The Balaban J connectivity index is 0.000000201. The van der Waals surface area contributed by atoms with E-state index in [9.17, 15) is 23.5 Å². The Labute approximate surface area is 219 Å². The molecule has 4 rings (SSSR count). The summed E-state index contributed by atoms with van der Waals surface area (Å²) in [4.78, 5) is 24.5. The molecule has 2 saturated carbocycles. The van der Waals surface area contributed by atoms with Crippen LogP contribution in [-0.2, 0) is 29.9 Å². The molecule has 36 heavy (non-hydrogen) atoms. The summed E-state index contributed by atoms with van der Waals surface area (Å²) in [6.07, 6.45) is 3.03. The predicted molar refractivity (Wildman–Crippen MR) is 136 cm³/mol. The zero-order valence-electron chi connectivity index (χ0n) is 21.1. The lowest BCUT2D eigenvalue weighted by atomic mass is 9.76. The van der Waals surface area contributed by atoms with E-state index in [2.05, 4.69) is 15.9 Å². The fraction of sp³-hybridized carbons (Fsp3) is 0.500. The molecule has 0 radical (unpaired) electrons. The summed E-state index contributed by atoms with van der Waals surface area (Å²) < 4.78 is 37.2. The van der Waals surface area contributed by atoms with Gasteiger partial charge in [-0.2, -0.15) is 0 Å². The third-order valence-electron chi connectivity index (χ3n) is 7.66. The van der Waals surface area contributed by atoms with Crippen LogP contribution in [0.15, 0.2) is 36.4 Å². The smallest absolute Gasteiger partial charge is 0.316 e. The maximum absolute atomic E-state index is 13.7. The summed E-state index contributed by atoms with van der Waals surface area (Å²) in [5, 5.41) is 9.73. The van der Waals surface area contributed by atoms with Gasteiger partial charge in [-0.3, -0.25) is 9.59 Å². The number of alkyl halides is 1. The number of hydrogen-bond donors (Lipinski definition) is 1. The summed E-state index contributed by atoms with van der Waals surface area (Å²) in [6, 6.07) is 9.62. The average molecular weight is 567 g/mol. The fourth-order valence-electron chi connectivity index (χ4n) is 5.73. The molecule has 0 aromatic heterocycles. The average Bonchev–Trinajstić information content (AvgIpc) is 3.46. The van der Waals surface area contributed by atoms with Gasteiger partial charge in [0.2, 0.25) is 0 Å². The molecule has 0 heterocycles. The maximum atomic E-state index is 13.7. The van der Waals surface area contributed by atoms with Crippen LogP contribution in [0.3, 0.4) is 0 Å². The quantitative estimate of drug-likeness (QED) is 0.386. The van der Waals surface area contributed by atoms with E-state index in [0.717, 1.165) is 12.0 Å². The number of aliphatic hydroxyl groups excluding tert-OH is 1. The molecule has 0 spiro atoms. The van der Waals surface area contributed by atoms with Crippen LogP contribution in [0.25, 0.3) is 0 Å². The van der Waals surface area contributed by atoms with Crippen molar-refractivity contribution in [2.75, 3.05) is 14.2 Å². The standard InChI is InChI=1S/C14H16BrFO2.C14H17FO3/c1-9-11(4-3-5-12(9)16)14(13(17)18-2)7-6-10(15)8-14;1-9-11(4-3-5-12(9)15)14(13(17)18-2)7-6-10(16)8-14/h3-5,10H,6-8H2,1-2H3;3-5,10,16H,6-8H2,1-2H3. The Kier molecular flexibility index (Phi) is 8.93. The van der Waals surface area contributed by atoms with Gasteiger partial charge >= 0.3 is 11.9 Å². The number of halogens is 3. The Hall–Kier alpha value is -2.32. The molecule has 2 fully saturated rings. The highest BCUT2D eigenvalue weighted by Crippen LogP contribution is 2.46. The molecule has 196 valence electrons. The second kappa shape index (κ2) is 11.4. The molecule has 0 bridgehead atoms. The minimum atomic E-state index is -0.902. The number of hydrogen-bond acceptors (Lipinski definition) is 5. The second-order valence-electron chi connectivity index (χ2n) is 9.71. The highest BCUT2D eigenvalue weighted by atomic mass is 79.9. The Morgan fingerprint density at radius 1 is 0.861 bits per heavy atom. The van der Waals surface area contributed by atoms with Gasteiger partial charge in [0.05, 0.1) is 31.2 Å². The van der Waals surface area contributed by atoms with Crippen LogP contribution in [-0.4, -0.2) is 42.2 Å². The molecule has 2 aromatic carbocycles. The number of methoxy groups -OCH3 is 2. The number of esters is 2. The monoisotopic (exact) mass is 566 g/mol. The van der Waals surface area contributed by atoms with Crippen LogP contribution < -0.4 is 0 Å². The summed E-state index contributed by atoms with van der Waals surface area (Å²) >= 11 is 3.55. The third kappa shape index (κ3) is 5.21. The minimum Gasteiger partial charge on any atom is -0.468 e. The zero-order chi connectivity index (χ0) is 26.7. The van der Waals surface area contributed by atoms with E-state index in [1.165, 1.54) is 26.4 Å². The Morgan fingerprint density at radius 3 is 1.67 bits per heavy atom. The fourth-order valence-corrected chi connectivity index (χ4v) is 6.51. The first-order valence-electron chi connectivity index (χ1n) is 12.0. The number of aliphatic hydroxyl groups is 1. The lowest BCUT2D eigenvalue weighted by Crippen LogP contribution is -2.36. The lowest BCUT2D eigenvalue weighted by Gasteiger charge is -2.28. The van der Waals surface area contributed by atoms with E-state index in [0.29, 0.717) is 48.8 Å². The van der Waals surface area contributed by atoms with E-state index in [-0.39, 0.29) is 22.4 Å². The SMILES string of the molecule is COC(=O)C1(c2cccc(F)c2C)CCC(Br)C1.COC(=O)C1(c2cccc(F)c2C)CCC(O)C1. The van der Waals surface area contributed by atoms with Crippen LogP contribution >= 0.6 is 15.9 Å². The summed E-state index contributed by atoms with van der Waals surface area (Å²) in [5.74, 6) is -1.27. The maximum Gasteiger partial charge on any atom is 0.316 e. The van der Waals surface area contributed by atoms with Crippen molar-refractivity contribution in [2.45, 2.75) is 74.1 Å². The largest absolute Gasteiger partial charge is 0.468 e. The summed E-state index contributed by atoms with van der Waals surface area (Å²) in [5.41, 5.74) is 0.791. The molecule has 0 saturated heterocycles. The van der Waals surface area contributed by atoms with Gasteiger partial charge in [0, 0.05) is 4.83 Å². The van der Waals surface area contributed by atoms with E-state index in [4.69, 9.17) is 9.47 Å². The molecule has 2 aromatic rings. The van der Waals surface area contributed by atoms with Crippen molar-refractivity contribution in [3.63, 3.8) is 0 Å². The van der Waals surface area contributed by atoms with E-state index in [1.54, 1.807) is 32.0 Å². The first-order valence-corrected chi connectivity index (χ1v) is 12.9. The van der Waals surface area contributed by atoms with Gasteiger partial charge in [-0.25, -0.2) is 8.78 Å². The summed E-state index contributed by atoms with van der Waals surface area (Å²) in [6.45, 7) is 3.37. The second-order valence-corrected chi connectivity index (χ2v) is 11.0. The van der Waals surface area contributed by atoms with Gasteiger partial charge in [-0.1, -0.05) is 40.2 Å². The van der Waals surface area contributed by atoms with Gasteiger partial charge in [-0.15, -0.1) is 0 Å². The molecule has 0 aliphatic heterocycles. The Morgan fingerprint density at radius 2 is 1.31 bits per heavy atom. The molecule has 5 nitrogen and oxygen atoms in total. The highest BCUT2D eigenvalue weighted by molar-refractivity contribution is 9.09. The van der Waals surface area contributed by atoms with Crippen molar-refractivity contribution in [3.05, 3.63) is 70.3 Å². The van der Waals surface area contributed by atoms with Crippen molar-refractivity contribution in [1.29, 1.82) is 0 Å². The molecule has 1 N–H and O–H groups in total. The van der Waals surface area contributed by atoms with Crippen molar-refractivity contribution in [1.82, 2.24) is 0 Å². The van der Waals surface area contributed by atoms with E-state index >= 15 is 0 Å². The minimum absolute atomic E-state index is 0.266. The van der Waals surface area contributed by atoms with Crippen LogP contribution in [0.5, 0.6) is 0 Å². The normalized spacial score (nSPS) is 27.2. The molecule has 0 amide bonds. The number of carbonyl (C=O) groups is 2. The van der Waals surface area contributed by atoms with Crippen LogP contribution in [0.4, 0.5) is 8.78 Å². The topological polar surface area (TPSA) is 72.8 Å². The van der Waals surface area contributed by atoms with Crippen molar-refractivity contribution < 1.29 is 33.0 Å². The number of ether oxygens (including phenoxy) is 2. The Bertz CT molecular complexity index is 1040. The third-order valence-corrected chi connectivity index (χ3v) is 8.44. The van der Waals surface area contributed by atoms with Crippen molar-refractivity contribution >= 4 is 27.9 Å². The number of rotatable bonds is 4. The summed E-state index contributed by atoms with van der Waals surface area (Å²) in [7, 11) is 2.71. The molecular formula is C28H33BrF2O5. The molecule has 8 heteroatoms. The molecule has 4 atom stereocenters. The first kappa shape index (κ1) is 28.3. The van der Waals surface area contributed by atoms with Gasteiger partial charge in [-0.05, 0) is 86.8 Å². The van der Waals surface area contributed by atoms with Crippen molar-refractivity contribution in [3.8, 4) is 0 Å². The lowest BCUT2D eigenvalue weighted by molar-refractivity contribution is -0.148. The zero-order valence-corrected chi connectivity index (χ0v) is 22.7. The first-order chi connectivity index (χ1) is 17.0. The van der Waals surface area contributed by atoms with Gasteiger partial charge in [0.25, 0.3) is 0 Å². The van der Waals surface area contributed by atoms with E-state index < -0.39 is 22.9 Å². The van der Waals surface area contributed by atoms with Crippen LogP contribution in [0, 0.1) is 25.5 Å². The number of carbonyl (C=O) groups excluding carboxylic acids is 2. The molecular weight excluding hydrogens is 534 g/mol. The van der Waals surface area contributed by atoms with E-state index in [1.807, 2.05) is 6.07 Å².